The highest BCUT2D eigenvalue weighted by Gasteiger charge is 2.01. The number of hydrogen-bond donors (Lipinski definition) is 2. The zero-order chi connectivity index (χ0) is 12.3. The molecule has 0 fully saturated rings. The third kappa shape index (κ3) is 2.63. The fourth-order valence-electron chi connectivity index (χ4n) is 1.52. The molecule has 0 spiro atoms. The maximum absolute atomic E-state index is 11.7. The lowest BCUT2D eigenvalue weighted by Gasteiger charge is -2.06. The summed E-state index contributed by atoms with van der Waals surface area (Å²) in [4.78, 5) is 11.7. The smallest absolute Gasteiger partial charge is 0.269 e. The fourth-order valence-corrected chi connectivity index (χ4v) is 1.52. The Morgan fingerprint density at radius 3 is 2.88 bits per heavy atom. The SMILES string of the molecule is CNc1cnn(Cc2cccc(O)c2)c(=O)c1. The molecule has 0 saturated heterocycles. The molecular weight excluding hydrogens is 218 g/mol. The Balaban J connectivity index is 2.27. The molecule has 5 heteroatoms. The van der Waals surface area contributed by atoms with Crippen molar-refractivity contribution in [1.82, 2.24) is 9.78 Å². The van der Waals surface area contributed by atoms with Gasteiger partial charge in [0, 0.05) is 13.1 Å². The fraction of sp³-hybridized carbons (Fsp3) is 0.167. The molecule has 17 heavy (non-hydrogen) atoms. The standard InChI is InChI=1S/C12H13N3O2/c1-13-10-6-12(17)15(14-7-10)8-9-3-2-4-11(16)5-9/h2-7,13,16H,8H2,1H3. The molecule has 0 aliphatic heterocycles. The largest absolute Gasteiger partial charge is 0.508 e. The summed E-state index contributed by atoms with van der Waals surface area (Å²) in [5.41, 5.74) is 1.33. The van der Waals surface area contributed by atoms with Crippen LogP contribution < -0.4 is 10.9 Å². The molecule has 0 aliphatic rings. The lowest BCUT2D eigenvalue weighted by Crippen LogP contribution is -2.22. The number of phenols is 1. The van der Waals surface area contributed by atoms with Gasteiger partial charge < -0.3 is 10.4 Å². The predicted octanol–water partition coefficient (Wildman–Crippen LogP) is 1.04. The van der Waals surface area contributed by atoms with Crippen LogP contribution in [0, 0.1) is 0 Å². The highest BCUT2D eigenvalue weighted by Crippen LogP contribution is 2.11. The van der Waals surface area contributed by atoms with Crippen molar-refractivity contribution in [3.8, 4) is 5.75 Å². The van der Waals surface area contributed by atoms with Crippen LogP contribution in [0.25, 0.3) is 0 Å². The first-order valence-corrected chi connectivity index (χ1v) is 5.22. The van der Waals surface area contributed by atoms with Gasteiger partial charge in [0.2, 0.25) is 0 Å². The van der Waals surface area contributed by atoms with Gasteiger partial charge in [-0.05, 0) is 17.7 Å². The first-order chi connectivity index (χ1) is 8.19. The molecule has 0 bridgehead atoms. The molecule has 2 aromatic rings. The molecule has 5 nitrogen and oxygen atoms in total. The Morgan fingerprint density at radius 1 is 1.41 bits per heavy atom. The summed E-state index contributed by atoms with van der Waals surface area (Å²) in [6.07, 6.45) is 1.59. The van der Waals surface area contributed by atoms with Gasteiger partial charge in [-0.15, -0.1) is 0 Å². The van der Waals surface area contributed by atoms with Crippen LogP contribution in [0.1, 0.15) is 5.56 Å². The number of hydrogen-bond acceptors (Lipinski definition) is 4. The molecule has 0 amide bonds. The summed E-state index contributed by atoms with van der Waals surface area (Å²) in [6.45, 7) is 0.344. The second-order valence-corrected chi connectivity index (χ2v) is 3.66. The van der Waals surface area contributed by atoms with Gasteiger partial charge in [0.25, 0.3) is 5.56 Å². The quantitative estimate of drug-likeness (QED) is 0.828. The third-order valence-corrected chi connectivity index (χ3v) is 2.40. The van der Waals surface area contributed by atoms with E-state index in [9.17, 15) is 9.90 Å². The van der Waals surface area contributed by atoms with E-state index >= 15 is 0 Å². The summed E-state index contributed by atoms with van der Waals surface area (Å²) in [5.74, 6) is 0.183. The normalized spacial score (nSPS) is 10.2. The molecule has 2 N–H and O–H groups in total. The second kappa shape index (κ2) is 4.69. The average molecular weight is 231 g/mol. The summed E-state index contributed by atoms with van der Waals surface area (Å²) in [5, 5.41) is 16.2. The van der Waals surface area contributed by atoms with E-state index in [2.05, 4.69) is 10.4 Å². The van der Waals surface area contributed by atoms with E-state index < -0.39 is 0 Å². The van der Waals surface area contributed by atoms with Gasteiger partial charge in [-0.1, -0.05) is 12.1 Å². The molecule has 0 saturated carbocycles. The van der Waals surface area contributed by atoms with Crippen molar-refractivity contribution in [2.45, 2.75) is 6.54 Å². The number of nitrogens with one attached hydrogen (secondary N) is 1. The number of rotatable bonds is 3. The highest BCUT2D eigenvalue weighted by molar-refractivity contribution is 5.37. The molecule has 0 aliphatic carbocycles. The van der Waals surface area contributed by atoms with Crippen LogP contribution in [-0.2, 0) is 6.54 Å². The number of aromatic nitrogens is 2. The van der Waals surface area contributed by atoms with Crippen molar-refractivity contribution < 1.29 is 5.11 Å². The Hall–Kier alpha value is -2.30. The Kier molecular flexibility index (Phi) is 3.09. The van der Waals surface area contributed by atoms with E-state index in [1.807, 2.05) is 6.07 Å². The van der Waals surface area contributed by atoms with Crippen molar-refractivity contribution in [3.05, 3.63) is 52.4 Å². The van der Waals surface area contributed by atoms with Crippen LogP contribution in [0.5, 0.6) is 5.75 Å². The summed E-state index contributed by atoms with van der Waals surface area (Å²) < 4.78 is 1.34. The molecular formula is C12H13N3O2. The summed E-state index contributed by atoms with van der Waals surface area (Å²) >= 11 is 0. The van der Waals surface area contributed by atoms with Gasteiger partial charge in [0.1, 0.15) is 5.75 Å². The van der Waals surface area contributed by atoms with Crippen molar-refractivity contribution in [2.75, 3.05) is 12.4 Å². The Bertz CT molecular complexity index is 578. The van der Waals surface area contributed by atoms with Gasteiger partial charge in [0.15, 0.2) is 0 Å². The van der Waals surface area contributed by atoms with Crippen LogP contribution in [0.3, 0.4) is 0 Å². The molecule has 1 heterocycles. The summed E-state index contributed by atoms with van der Waals surface area (Å²) in [6, 6.07) is 8.25. The lowest BCUT2D eigenvalue weighted by molar-refractivity contribution is 0.474. The minimum Gasteiger partial charge on any atom is -0.508 e. The zero-order valence-electron chi connectivity index (χ0n) is 9.42. The lowest BCUT2D eigenvalue weighted by atomic mass is 10.2. The van der Waals surface area contributed by atoms with E-state index in [0.29, 0.717) is 12.2 Å². The van der Waals surface area contributed by atoms with E-state index in [-0.39, 0.29) is 11.3 Å². The first kappa shape index (κ1) is 11.2. The topological polar surface area (TPSA) is 67.2 Å². The minimum atomic E-state index is -0.180. The van der Waals surface area contributed by atoms with E-state index in [0.717, 1.165) is 5.56 Å². The van der Waals surface area contributed by atoms with Crippen molar-refractivity contribution >= 4 is 5.69 Å². The number of benzene rings is 1. The second-order valence-electron chi connectivity index (χ2n) is 3.66. The molecule has 0 atom stereocenters. The number of phenolic OH excluding ortho intramolecular Hbond substituents is 1. The van der Waals surface area contributed by atoms with E-state index in [1.165, 1.54) is 10.7 Å². The molecule has 0 unspecified atom stereocenters. The maximum atomic E-state index is 11.7. The molecule has 2 rings (SSSR count). The average Bonchev–Trinajstić information content (AvgIpc) is 2.32. The maximum Gasteiger partial charge on any atom is 0.269 e. The van der Waals surface area contributed by atoms with Gasteiger partial charge in [-0.2, -0.15) is 5.10 Å². The number of aromatic hydroxyl groups is 1. The third-order valence-electron chi connectivity index (χ3n) is 2.40. The molecule has 1 aromatic carbocycles. The number of anilines is 1. The van der Waals surface area contributed by atoms with Gasteiger partial charge in [-0.3, -0.25) is 4.79 Å². The molecule has 1 aromatic heterocycles. The van der Waals surface area contributed by atoms with Crippen molar-refractivity contribution in [1.29, 1.82) is 0 Å². The van der Waals surface area contributed by atoms with Gasteiger partial charge in [0.05, 0.1) is 18.4 Å². The van der Waals surface area contributed by atoms with Crippen LogP contribution in [0.4, 0.5) is 5.69 Å². The van der Waals surface area contributed by atoms with Crippen LogP contribution in [0.2, 0.25) is 0 Å². The zero-order valence-corrected chi connectivity index (χ0v) is 9.42. The Labute approximate surface area is 98.3 Å². The van der Waals surface area contributed by atoms with Gasteiger partial charge in [-0.25, -0.2) is 4.68 Å². The van der Waals surface area contributed by atoms with Crippen LogP contribution >= 0.6 is 0 Å². The molecule has 88 valence electrons. The number of nitrogens with zero attached hydrogens (tertiary/aromatic N) is 2. The van der Waals surface area contributed by atoms with Crippen molar-refractivity contribution in [3.63, 3.8) is 0 Å². The monoisotopic (exact) mass is 231 g/mol. The van der Waals surface area contributed by atoms with E-state index in [4.69, 9.17) is 0 Å². The highest BCUT2D eigenvalue weighted by atomic mass is 16.3. The predicted molar refractivity (Wildman–Crippen MR) is 65.3 cm³/mol. The van der Waals surface area contributed by atoms with Crippen LogP contribution in [-0.4, -0.2) is 21.9 Å². The van der Waals surface area contributed by atoms with E-state index in [1.54, 1.807) is 31.4 Å². The van der Waals surface area contributed by atoms with Crippen molar-refractivity contribution in [2.24, 2.45) is 0 Å². The summed E-state index contributed by atoms with van der Waals surface area (Å²) in [7, 11) is 1.73. The first-order valence-electron chi connectivity index (χ1n) is 5.22. The Morgan fingerprint density at radius 2 is 2.24 bits per heavy atom. The van der Waals surface area contributed by atoms with Crippen LogP contribution in [0.15, 0.2) is 41.3 Å². The minimum absolute atomic E-state index is 0.180. The van der Waals surface area contributed by atoms with Gasteiger partial charge >= 0.3 is 0 Å². The molecule has 0 radical (unpaired) electrons.